The van der Waals surface area contributed by atoms with E-state index in [4.69, 9.17) is 5.73 Å². The average Bonchev–Trinajstić information content (AvgIpc) is 2.88. The van der Waals surface area contributed by atoms with Gasteiger partial charge in [0.1, 0.15) is 0 Å². The first kappa shape index (κ1) is 16.0. The van der Waals surface area contributed by atoms with Crippen molar-refractivity contribution in [3.05, 3.63) is 35.4 Å². The van der Waals surface area contributed by atoms with E-state index < -0.39 is 0 Å². The minimum absolute atomic E-state index is 0.0109. The second kappa shape index (κ2) is 6.58. The summed E-state index contributed by atoms with van der Waals surface area (Å²) in [7, 11) is 3.65. The summed E-state index contributed by atoms with van der Waals surface area (Å²) in [4.78, 5) is 16.4. The number of likely N-dealkylation sites (tertiary alicyclic amines) is 1. The molecule has 1 aliphatic heterocycles. The first-order valence-corrected chi connectivity index (χ1v) is 7.71. The molecule has 0 aliphatic carbocycles. The predicted molar refractivity (Wildman–Crippen MR) is 86.0 cm³/mol. The largest absolute Gasteiger partial charge is 0.347 e. The van der Waals surface area contributed by atoms with Gasteiger partial charge in [-0.3, -0.25) is 9.69 Å². The second-order valence-corrected chi connectivity index (χ2v) is 6.34. The maximum absolute atomic E-state index is 12.4. The number of amides is 1. The Bertz CT molecular complexity index is 481. The van der Waals surface area contributed by atoms with Gasteiger partial charge in [0, 0.05) is 20.1 Å². The lowest BCUT2D eigenvalue weighted by Gasteiger charge is -2.36. The van der Waals surface area contributed by atoms with Crippen molar-refractivity contribution in [2.24, 2.45) is 5.73 Å². The molecule has 1 aromatic carbocycles. The minimum Gasteiger partial charge on any atom is -0.347 e. The number of carbonyl (C=O) groups is 1. The number of hydrogen-bond acceptors (Lipinski definition) is 3. The fourth-order valence-corrected chi connectivity index (χ4v) is 3.25. The molecule has 3 atom stereocenters. The molecule has 2 N–H and O–H groups in total. The van der Waals surface area contributed by atoms with Gasteiger partial charge in [0.15, 0.2) is 0 Å². The highest BCUT2D eigenvalue weighted by atomic mass is 16.2. The zero-order chi connectivity index (χ0) is 15.6. The molecule has 21 heavy (non-hydrogen) atoms. The van der Waals surface area contributed by atoms with Gasteiger partial charge in [0.25, 0.3) is 0 Å². The van der Waals surface area contributed by atoms with Crippen LogP contribution in [0, 0.1) is 6.92 Å². The zero-order valence-electron chi connectivity index (χ0n) is 13.5. The van der Waals surface area contributed by atoms with Crippen molar-refractivity contribution in [2.45, 2.75) is 44.8 Å². The number of rotatable bonds is 4. The molecule has 4 heteroatoms. The Balaban J connectivity index is 2.29. The van der Waals surface area contributed by atoms with Gasteiger partial charge in [-0.2, -0.15) is 0 Å². The first-order chi connectivity index (χ1) is 9.91. The molecule has 1 amide bonds. The normalized spacial score (nSPS) is 22.0. The highest BCUT2D eigenvalue weighted by Gasteiger charge is 2.38. The topological polar surface area (TPSA) is 49.6 Å². The third-order valence-corrected chi connectivity index (χ3v) is 4.29. The molecule has 2 rings (SSSR count). The van der Waals surface area contributed by atoms with Gasteiger partial charge < -0.3 is 10.6 Å². The quantitative estimate of drug-likeness (QED) is 0.921. The van der Waals surface area contributed by atoms with E-state index in [0.29, 0.717) is 0 Å². The molecule has 1 aliphatic rings. The fraction of sp³-hybridized carbons (Fsp3) is 0.588. The van der Waals surface area contributed by atoms with Crippen LogP contribution in [0.1, 0.15) is 36.9 Å². The summed E-state index contributed by atoms with van der Waals surface area (Å²) in [6.07, 6.45) is 1.98. The van der Waals surface area contributed by atoms with Crippen LogP contribution >= 0.6 is 0 Å². The van der Waals surface area contributed by atoms with Crippen molar-refractivity contribution in [1.82, 2.24) is 9.80 Å². The summed E-state index contributed by atoms with van der Waals surface area (Å²) in [6.45, 7) is 5.04. The average molecular weight is 289 g/mol. The fourth-order valence-electron chi connectivity index (χ4n) is 3.25. The van der Waals surface area contributed by atoms with E-state index in [1.54, 1.807) is 4.90 Å². The van der Waals surface area contributed by atoms with Crippen LogP contribution in [0.15, 0.2) is 24.3 Å². The number of aryl methyl sites for hydroxylation is 1. The van der Waals surface area contributed by atoms with E-state index in [1.807, 2.05) is 21.0 Å². The van der Waals surface area contributed by atoms with Crippen molar-refractivity contribution in [3.63, 3.8) is 0 Å². The molecule has 0 bridgehead atoms. The molecule has 0 spiro atoms. The maximum atomic E-state index is 12.4. The van der Waals surface area contributed by atoms with Crippen molar-refractivity contribution in [2.75, 3.05) is 20.6 Å². The minimum atomic E-state index is -0.0442. The number of carbonyl (C=O) groups excluding carboxylic acids is 1. The summed E-state index contributed by atoms with van der Waals surface area (Å²) >= 11 is 0. The molecule has 3 unspecified atom stereocenters. The number of benzene rings is 1. The summed E-state index contributed by atoms with van der Waals surface area (Å²) < 4.78 is 0. The van der Waals surface area contributed by atoms with Crippen molar-refractivity contribution in [3.8, 4) is 0 Å². The van der Waals surface area contributed by atoms with Gasteiger partial charge in [0.05, 0.1) is 12.1 Å². The van der Waals surface area contributed by atoms with Crippen LogP contribution in [-0.2, 0) is 4.79 Å². The van der Waals surface area contributed by atoms with Gasteiger partial charge in [-0.1, -0.05) is 29.8 Å². The number of nitrogens with two attached hydrogens (primary N) is 1. The van der Waals surface area contributed by atoms with Crippen LogP contribution in [0.25, 0.3) is 0 Å². The third kappa shape index (κ3) is 3.44. The molecule has 0 saturated carbocycles. The lowest BCUT2D eigenvalue weighted by Crippen LogP contribution is -2.48. The van der Waals surface area contributed by atoms with Crippen molar-refractivity contribution in [1.29, 1.82) is 0 Å². The SMILES string of the molecule is Cc1ccc(C(C(C)N)N2CCCC2C(=O)N(C)C)cc1. The predicted octanol–water partition coefficient (Wildman–Crippen LogP) is 1.94. The lowest BCUT2D eigenvalue weighted by atomic mass is 9.97. The highest BCUT2D eigenvalue weighted by molar-refractivity contribution is 5.81. The molecule has 0 aromatic heterocycles. The van der Waals surface area contributed by atoms with E-state index >= 15 is 0 Å². The number of nitrogens with zero attached hydrogens (tertiary/aromatic N) is 2. The maximum Gasteiger partial charge on any atom is 0.239 e. The third-order valence-electron chi connectivity index (χ3n) is 4.29. The first-order valence-electron chi connectivity index (χ1n) is 7.71. The van der Waals surface area contributed by atoms with E-state index in [1.165, 1.54) is 11.1 Å². The molecule has 116 valence electrons. The summed E-state index contributed by atoms with van der Waals surface area (Å²) in [5, 5.41) is 0. The van der Waals surface area contributed by atoms with Crippen LogP contribution in [0.5, 0.6) is 0 Å². The second-order valence-electron chi connectivity index (χ2n) is 6.34. The van der Waals surface area contributed by atoms with Gasteiger partial charge >= 0.3 is 0 Å². The Labute approximate surface area is 127 Å². The standard InChI is InChI=1S/C17H27N3O/c1-12-7-9-14(10-8-12)16(13(2)18)20-11-5-6-15(20)17(21)19(3)4/h7-10,13,15-16H,5-6,11,18H2,1-4H3. The molecule has 1 heterocycles. The van der Waals surface area contributed by atoms with Crippen molar-refractivity contribution < 1.29 is 4.79 Å². The van der Waals surface area contributed by atoms with E-state index in [-0.39, 0.29) is 24.0 Å². The summed E-state index contributed by atoms with van der Waals surface area (Å²) in [5.74, 6) is 0.185. The van der Waals surface area contributed by atoms with Crippen LogP contribution in [0.3, 0.4) is 0 Å². The van der Waals surface area contributed by atoms with Crippen LogP contribution in [0.2, 0.25) is 0 Å². The number of hydrogen-bond donors (Lipinski definition) is 1. The van der Waals surface area contributed by atoms with Crippen LogP contribution in [0.4, 0.5) is 0 Å². The van der Waals surface area contributed by atoms with E-state index in [2.05, 4.69) is 36.1 Å². The van der Waals surface area contributed by atoms with Gasteiger partial charge in [-0.25, -0.2) is 0 Å². The lowest BCUT2D eigenvalue weighted by molar-refractivity contribution is -0.134. The Kier molecular flexibility index (Phi) is 5.01. The Hall–Kier alpha value is -1.39. The molecule has 0 radical (unpaired) electrons. The molecule has 1 fully saturated rings. The van der Waals surface area contributed by atoms with E-state index in [0.717, 1.165) is 19.4 Å². The Morgan fingerprint density at radius 3 is 2.48 bits per heavy atom. The van der Waals surface area contributed by atoms with Gasteiger partial charge in [-0.15, -0.1) is 0 Å². The molecule has 1 aromatic rings. The smallest absolute Gasteiger partial charge is 0.239 e. The van der Waals surface area contributed by atoms with Gasteiger partial charge in [0.2, 0.25) is 5.91 Å². The Morgan fingerprint density at radius 1 is 1.33 bits per heavy atom. The van der Waals surface area contributed by atoms with E-state index in [9.17, 15) is 4.79 Å². The van der Waals surface area contributed by atoms with Crippen molar-refractivity contribution >= 4 is 5.91 Å². The van der Waals surface area contributed by atoms with Crippen LogP contribution in [-0.4, -0.2) is 48.4 Å². The molecular formula is C17H27N3O. The van der Waals surface area contributed by atoms with Gasteiger partial charge in [-0.05, 0) is 38.8 Å². The number of likely N-dealkylation sites (N-methyl/N-ethyl adjacent to an activating group) is 1. The van der Waals surface area contributed by atoms with Crippen LogP contribution < -0.4 is 5.73 Å². The molecule has 1 saturated heterocycles. The summed E-state index contributed by atoms with van der Waals surface area (Å²) in [5.41, 5.74) is 8.70. The highest BCUT2D eigenvalue weighted by Crippen LogP contribution is 2.32. The zero-order valence-corrected chi connectivity index (χ0v) is 13.5. The summed E-state index contributed by atoms with van der Waals surface area (Å²) in [6, 6.07) is 8.55. The monoisotopic (exact) mass is 289 g/mol. The Morgan fingerprint density at radius 2 is 1.95 bits per heavy atom. The molecular weight excluding hydrogens is 262 g/mol. The molecule has 4 nitrogen and oxygen atoms in total.